The number of allylic oxidation sites excluding steroid dienone is 2. The molecule has 0 saturated heterocycles. The van der Waals surface area contributed by atoms with E-state index in [9.17, 15) is 0 Å². The first kappa shape index (κ1) is 14.5. The second-order valence-corrected chi connectivity index (χ2v) is 7.05. The van der Waals surface area contributed by atoms with Gasteiger partial charge in [-0.25, -0.2) is 0 Å². The summed E-state index contributed by atoms with van der Waals surface area (Å²) >= 11 is 0. The Morgan fingerprint density at radius 2 is 1.60 bits per heavy atom. The molecule has 0 amide bonds. The fourth-order valence-corrected chi connectivity index (χ4v) is 4.22. The van der Waals surface area contributed by atoms with Crippen LogP contribution in [0, 0.1) is 6.92 Å². The van der Waals surface area contributed by atoms with Crippen LogP contribution in [0.4, 0.5) is 0 Å². The Balaban J connectivity index is 1.72. The molecule has 0 saturated carbocycles. The maximum Gasteiger partial charge on any atom is 0.0358 e. The molecule has 5 rings (SSSR count). The molecule has 0 radical (unpaired) electrons. The topological polar surface area (TPSA) is 0 Å². The number of benzene rings is 3. The van der Waals surface area contributed by atoms with E-state index in [0.717, 1.165) is 6.42 Å². The Morgan fingerprint density at radius 3 is 2.48 bits per heavy atom. The number of aryl methyl sites for hydroxylation is 1. The van der Waals surface area contributed by atoms with E-state index in [4.69, 9.17) is 0 Å². The fourth-order valence-electron chi connectivity index (χ4n) is 4.22. The molecule has 3 aromatic carbocycles. The highest BCUT2D eigenvalue weighted by Gasteiger charge is 2.29. The Labute approximate surface area is 149 Å². The minimum atomic E-state index is 0.316. The lowest BCUT2D eigenvalue weighted by Crippen LogP contribution is -2.04. The molecule has 25 heavy (non-hydrogen) atoms. The van der Waals surface area contributed by atoms with Crippen LogP contribution in [0.1, 0.15) is 44.9 Å². The van der Waals surface area contributed by atoms with Crippen molar-refractivity contribution in [3.05, 3.63) is 112 Å². The van der Waals surface area contributed by atoms with Crippen molar-refractivity contribution in [2.45, 2.75) is 19.3 Å². The van der Waals surface area contributed by atoms with Crippen LogP contribution >= 0.6 is 0 Å². The molecule has 2 aliphatic rings. The molecule has 0 bridgehead atoms. The van der Waals surface area contributed by atoms with Gasteiger partial charge in [-0.2, -0.15) is 0 Å². The summed E-state index contributed by atoms with van der Waals surface area (Å²) in [7, 11) is 0. The molecule has 0 nitrogen and oxygen atoms in total. The average Bonchev–Trinajstić information content (AvgIpc) is 3.26. The van der Waals surface area contributed by atoms with Gasteiger partial charge < -0.3 is 0 Å². The Hall–Kier alpha value is -2.86. The summed E-state index contributed by atoms with van der Waals surface area (Å²) in [5.74, 6) is 0.316. The van der Waals surface area contributed by atoms with Gasteiger partial charge in [-0.3, -0.25) is 0 Å². The van der Waals surface area contributed by atoms with E-state index in [0.29, 0.717) is 5.92 Å². The van der Waals surface area contributed by atoms with Crippen LogP contribution in [-0.2, 0) is 6.42 Å². The zero-order valence-corrected chi connectivity index (χ0v) is 14.4. The van der Waals surface area contributed by atoms with Crippen molar-refractivity contribution in [3.8, 4) is 0 Å². The highest BCUT2D eigenvalue weighted by Crippen LogP contribution is 2.47. The van der Waals surface area contributed by atoms with E-state index in [1.807, 2.05) is 0 Å². The first-order valence-corrected chi connectivity index (χ1v) is 8.97. The number of fused-ring (bicyclic) bond motifs is 2. The van der Waals surface area contributed by atoms with Crippen molar-refractivity contribution in [2.24, 2.45) is 0 Å². The lowest BCUT2D eigenvalue weighted by atomic mass is 9.82. The van der Waals surface area contributed by atoms with Crippen LogP contribution in [0.25, 0.3) is 17.7 Å². The predicted molar refractivity (Wildman–Crippen MR) is 107 cm³/mol. The average molecular weight is 320 g/mol. The van der Waals surface area contributed by atoms with Crippen LogP contribution in [-0.4, -0.2) is 0 Å². The van der Waals surface area contributed by atoms with Crippen LogP contribution in [0.5, 0.6) is 0 Å². The zero-order valence-electron chi connectivity index (χ0n) is 14.4. The molecular formula is C25H20. The summed E-state index contributed by atoms with van der Waals surface area (Å²) < 4.78 is 0. The van der Waals surface area contributed by atoms with Crippen molar-refractivity contribution < 1.29 is 0 Å². The van der Waals surface area contributed by atoms with Crippen LogP contribution in [0.15, 0.2) is 72.8 Å². The monoisotopic (exact) mass is 320 g/mol. The fraction of sp³-hybridized carbons (Fsp3) is 0.120. The second-order valence-electron chi connectivity index (χ2n) is 7.05. The SMILES string of the molecule is Cc1ccc(C2=Cc3ccccc3C2c2cccc3c2C=CC3)cc1. The lowest BCUT2D eigenvalue weighted by molar-refractivity contribution is 1.05. The summed E-state index contributed by atoms with van der Waals surface area (Å²) in [6.45, 7) is 2.15. The number of hydrogen-bond donors (Lipinski definition) is 0. The molecule has 1 atom stereocenters. The first-order chi connectivity index (χ1) is 12.3. The molecule has 0 fully saturated rings. The number of rotatable bonds is 2. The molecule has 0 heterocycles. The van der Waals surface area contributed by atoms with E-state index in [2.05, 4.69) is 91.9 Å². The minimum absolute atomic E-state index is 0.316. The largest absolute Gasteiger partial charge is 0.0795 e. The summed E-state index contributed by atoms with van der Waals surface area (Å²) in [4.78, 5) is 0. The zero-order chi connectivity index (χ0) is 16.8. The third-order valence-electron chi connectivity index (χ3n) is 5.48. The molecule has 0 N–H and O–H groups in total. The Kier molecular flexibility index (Phi) is 3.24. The summed E-state index contributed by atoms with van der Waals surface area (Å²) in [5, 5.41) is 0. The molecule has 0 aliphatic heterocycles. The van der Waals surface area contributed by atoms with E-state index in [1.54, 1.807) is 0 Å². The summed E-state index contributed by atoms with van der Waals surface area (Å²) in [5.41, 5.74) is 11.1. The quantitative estimate of drug-likeness (QED) is 0.523. The van der Waals surface area contributed by atoms with E-state index >= 15 is 0 Å². The van der Waals surface area contributed by atoms with Gasteiger partial charge in [0, 0.05) is 5.92 Å². The molecule has 0 heteroatoms. The van der Waals surface area contributed by atoms with Gasteiger partial charge in [0.1, 0.15) is 0 Å². The predicted octanol–water partition coefficient (Wildman–Crippen LogP) is 6.25. The summed E-state index contributed by atoms with van der Waals surface area (Å²) in [6.07, 6.45) is 8.02. The molecule has 3 aromatic rings. The maximum absolute atomic E-state index is 2.38. The lowest BCUT2D eigenvalue weighted by Gasteiger charge is -2.21. The Morgan fingerprint density at radius 1 is 0.800 bits per heavy atom. The molecular weight excluding hydrogens is 300 g/mol. The van der Waals surface area contributed by atoms with Crippen LogP contribution in [0.2, 0.25) is 0 Å². The van der Waals surface area contributed by atoms with Crippen molar-refractivity contribution in [2.75, 3.05) is 0 Å². The minimum Gasteiger partial charge on any atom is -0.0795 e. The molecule has 2 aliphatic carbocycles. The smallest absolute Gasteiger partial charge is 0.0358 e. The van der Waals surface area contributed by atoms with Gasteiger partial charge in [0.05, 0.1) is 0 Å². The third-order valence-corrected chi connectivity index (χ3v) is 5.48. The van der Waals surface area contributed by atoms with Gasteiger partial charge in [0.2, 0.25) is 0 Å². The van der Waals surface area contributed by atoms with Gasteiger partial charge in [-0.05, 0) is 58.4 Å². The molecule has 0 spiro atoms. The highest BCUT2D eigenvalue weighted by molar-refractivity contribution is 5.94. The Bertz CT molecular complexity index is 1020. The van der Waals surface area contributed by atoms with Gasteiger partial charge in [0.25, 0.3) is 0 Å². The summed E-state index contributed by atoms with van der Waals surface area (Å²) in [6, 6.07) is 24.6. The van der Waals surface area contributed by atoms with Gasteiger partial charge in [0.15, 0.2) is 0 Å². The van der Waals surface area contributed by atoms with E-state index < -0.39 is 0 Å². The maximum atomic E-state index is 2.38. The molecule has 120 valence electrons. The van der Waals surface area contributed by atoms with Crippen LogP contribution < -0.4 is 0 Å². The van der Waals surface area contributed by atoms with E-state index in [-0.39, 0.29) is 0 Å². The van der Waals surface area contributed by atoms with Crippen molar-refractivity contribution >= 4 is 17.7 Å². The molecule has 0 aromatic heterocycles. The first-order valence-electron chi connectivity index (χ1n) is 8.97. The second kappa shape index (κ2) is 5.60. The van der Waals surface area contributed by atoms with E-state index in [1.165, 1.54) is 44.5 Å². The van der Waals surface area contributed by atoms with Gasteiger partial charge in [-0.15, -0.1) is 0 Å². The highest BCUT2D eigenvalue weighted by atomic mass is 14.3. The van der Waals surface area contributed by atoms with Crippen molar-refractivity contribution in [1.82, 2.24) is 0 Å². The van der Waals surface area contributed by atoms with Crippen LogP contribution in [0.3, 0.4) is 0 Å². The van der Waals surface area contributed by atoms with Gasteiger partial charge >= 0.3 is 0 Å². The standard InChI is InChI=1S/C25H20/c1-17-12-14-19(15-13-17)24-16-20-6-2-3-9-22(20)25(24)23-11-5-8-18-7-4-10-21(18)23/h2-6,8-16,25H,7H2,1H3. The third kappa shape index (κ3) is 2.29. The van der Waals surface area contributed by atoms with Gasteiger partial charge in [-0.1, -0.05) is 84.4 Å². The number of hydrogen-bond acceptors (Lipinski definition) is 0. The van der Waals surface area contributed by atoms with Crippen molar-refractivity contribution in [3.63, 3.8) is 0 Å². The van der Waals surface area contributed by atoms with Crippen molar-refractivity contribution in [1.29, 1.82) is 0 Å². The normalized spacial score (nSPS) is 17.3. The molecule has 1 unspecified atom stereocenters.